The van der Waals surface area contributed by atoms with E-state index in [0.717, 1.165) is 5.57 Å². The standard InChI is InChI=1S/C25H33ClO6/c1-5-21(30)32-13-20(29)25(31)14(2)10-18-17-7-6-15-11-16(27)8-9-22(15,3)24(17,26)19(28)12-23(18,25)4/h8-9,11,14,17-19,28,31H,5-7,10,12-13H2,1-4H3/t14-,17-,18-,19-,22-,23-,24?,25-/m0/s1/i1D3,5D2. The number of aliphatic hydroxyl groups is 2. The maximum atomic E-state index is 13.4. The van der Waals surface area contributed by atoms with Crippen LogP contribution in [0.5, 0.6) is 0 Å². The van der Waals surface area contributed by atoms with Crippen LogP contribution in [0.15, 0.2) is 23.8 Å². The molecule has 2 N–H and O–H groups in total. The van der Waals surface area contributed by atoms with Crippen molar-refractivity contribution < 1.29 is 36.2 Å². The number of carbonyl (C=O) groups excluding carboxylic acids is 3. The van der Waals surface area contributed by atoms with Crippen molar-refractivity contribution in [2.24, 2.45) is 28.6 Å². The molecule has 0 radical (unpaired) electrons. The smallest absolute Gasteiger partial charge is 0.305 e. The highest BCUT2D eigenvalue weighted by atomic mass is 35.5. The predicted molar refractivity (Wildman–Crippen MR) is 119 cm³/mol. The van der Waals surface area contributed by atoms with Crippen LogP contribution in [-0.4, -0.2) is 50.9 Å². The Kier molecular flexibility index (Phi) is 4.20. The van der Waals surface area contributed by atoms with Gasteiger partial charge in [-0.25, -0.2) is 0 Å². The number of carbonyl (C=O) groups is 3. The quantitative estimate of drug-likeness (QED) is 0.484. The van der Waals surface area contributed by atoms with Crippen molar-refractivity contribution in [3.8, 4) is 0 Å². The molecular formula is C25H33ClO6. The lowest BCUT2D eigenvalue weighted by atomic mass is 9.45. The van der Waals surface area contributed by atoms with Crippen LogP contribution < -0.4 is 0 Å². The molecule has 7 heteroatoms. The third-order valence-electron chi connectivity index (χ3n) is 9.08. The van der Waals surface area contributed by atoms with Crippen LogP contribution in [0, 0.1) is 28.6 Å². The molecule has 4 rings (SSSR count). The number of ketones is 2. The number of aliphatic hydroxyl groups excluding tert-OH is 1. The van der Waals surface area contributed by atoms with Gasteiger partial charge in [0, 0.05) is 24.1 Å². The van der Waals surface area contributed by atoms with E-state index in [9.17, 15) is 24.6 Å². The van der Waals surface area contributed by atoms with E-state index in [-0.39, 0.29) is 24.0 Å². The van der Waals surface area contributed by atoms with Crippen LogP contribution in [0.25, 0.3) is 0 Å². The fourth-order valence-corrected chi connectivity index (χ4v) is 7.94. The van der Waals surface area contributed by atoms with Crippen molar-refractivity contribution in [1.82, 2.24) is 0 Å². The van der Waals surface area contributed by atoms with Crippen molar-refractivity contribution in [3.63, 3.8) is 0 Å². The number of esters is 1. The van der Waals surface area contributed by atoms with E-state index in [1.54, 1.807) is 26.0 Å². The van der Waals surface area contributed by atoms with E-state index < -0.39 is 64.9 Å². The van der Waals surface area contributed by atoms with Crippen LogP contribution in [0.2, 0.25) is 0 Å². The van der Waals surface area contributed by atoms with Crippen molar-refractivity contribution in [1.29, 1.82) is 0 Å². The number of allylic oxidation sites excluding steroid dienone is 4. The van der Waals surface area contributed by atoms with Gasteiger partial charge in [-0.15, -0.1) is 11.6 Å². The minimum Gasteiger partial charge on any atom is -0.458 e. The molecule has 3 saturated carbocycles. The highest BCUT2D eigenvalue weighted by Crippen LogP contribution is 2.71. The molecule has 0 aromatic carbocycles. The monoisotopic (exact) mass is 469 g/mol. The van der Waals surface area contributed by atoms with Gasteiger partial charge < -0.3 is 14.9 Å². The van der Waals surface area contributed by atoms with Crippen molar-refractivity contribution in [3.05, 3.63) is 23.8 Å². The number of Topliss-reactive ketones (excluding diaryl/α,β-unsaturated/α-hetero) is 1. The van der Waals surface area contributed by atoms with Crippen LogP contribution in [0.4, 0.5) is 0 Å². The molecule has 4 aliphatic carbocycles. The summed E-state index contributed by atoms with van der Waals surface area (Å²) in [5.41, 5.74) is -3.12. The molecule has 0 aliphatic heterocycles. The first-order valence-corrected chi connectivity index (χ1v) is 11.4. The van der Waals surface area contributed by atoms with Crippen LogP contribution in [0.3, 0.4) is 0 Å². The highest BCUT2D eigenvalue weighted by molar-refractivity contribution is 6.26. The summed E-state index contributed by atoms with van der Waals surface area (Å²) in [7, 11) is 0. The normalized spacial score (nSPS) is 50.4. The Morgan fingerprint density at radius 2 is 2.09 bits per heavy atom. The SMILES string of the molecule is [2H]C([2H])([2H])C([2H])([2H])C(=O)OCC(=O)[C@@]1(O)[C@@H](C)C[C@H]2[C@@H]3CCC4=CC(=O)C=C[C@]4(C)C3(Cl)[C@@H](O)C[C@@]21C. The number of fused-ring (bicyclic) bond motifs is 5. The zero-order valence-corrected chi connectivity index (χ0v) is 19.2. The van der Waals surface area contributed by atoms with E-state index in [4.69, 9.17) is 23.2 Å². The number of halogens is 1. The van der Waals surface area contributed by atoms with E-state index in [2.05, 4.69) is 0 Å². The van der Waals surface area contributed by atoms with Gasteiger partial charge in [-0.3, -0.25) is 14.4 Å². The van der Waals surface area contributed by atoms with Gasteiger partial charge in [0.05, 0.1) is 11.0 Å². The Bertz CT molecular complexity index is 1100. The summed E-state index contributed by atoms with van der Waals surface area (Å²) < 4.78 is 41.5. The average molecular weight is 470 g/mol. The van der Waals surface area contributed by atoms with Gasteiger partial charge in [-0.05, 0) is 55.6 Å². The number of ether oxygens (including phenoxy) is 1. The summed E-state index contributed by atoms with van der Waals surface area (Å²) in [6.07, 6.45) is 1.82. The molecule has 4 aliphatic rings. The molecule has 176 valence electrons. The molecule has 0 heterocycles. The van der Waals surface area contributed by atoms with E-state index in [0.29, 0.717) is 19.3 Å². The third-order valence-corrected chi connectivity index (χ3v) is 10.0. The average Bonchev–Trinajstić information content (AvgIpc) is 2.99. The fourth-order valence-electron chi connectivity index (χ4n) is 7.42. The van der Waals surface area contributed by atoms with Gasteiger partial charge in [-0.1, -0.05) is 39.3 Å². The lowest BCUT2D eigenvalue weighted by Gasteiger charge is -2.63. The summed E-state index contributed by atoms with van der Waals surface area (Å²) >= 11 is 7.35. The molecule has 8 atom stereocenters. The molecular weight excluding hydrogens is 432 g/mol. The topological polar surface area (TPSA) is 101 Å². The van der Waals surface area contributed by atoms with Gasteiger partial charge >= 0.3 is 5.97 Å². The molecule has 0 aromatic heterocycles. The molecule has 3 fully saturated rings. The second-order valence-electron chi connectivity index (χ2n) is 10.3. The minimum absolute atomic E-state index is 0.0288. The summed E-state index contributed by atoms with van der Waals surface area (Å²) in [6, 6.07) is 0. The zero-order chi connectivity index (χ0) is 28.0. The number of hydrogen-bond acceptors (Lipinski definition) is 6. The molecule has 1 unspecified atom stereocenters. The number of hydrogen-bond donors (Lipinski definition) is 2. The molecule has 6 nitrogen and oxygen atoms in total. The van der Waals surface area contributed by atoms with E-state index >= 15 is 0 Å². The molecule has 0 bridgehead atoms. The second-order valence-corrected chi connectivity index (χ2v) is 10.9. The van der Waals surface area contributed by atoms with Crippen molar-refractivity contribution in [2.75, 3.05) is 6.61 Å². The Labute approximate surface area is 201 Å². The largest absolute Gasteiger partial charge is 0.458 e. The van der Waals surface area contributed by atoms with E-state index in [1.165, 1.54) is 6.08 Å². The maximum absolute atomic E-state index is 13.4. The summed E-state index contributed by atoms with van der Waals surface area (Å²) in [5, 5.41) is 23.5. The Hall–Kier alpha value is -1.50. The lowest BCUT2D eigenvalue weighted by Crippen LogP contribution is -2.69. The van der Waals surface area contributed by atoms with E-state index in [1.807, 2.05) is 6.92 Å². The highest BCUT2D eigenvalue weighted by Gasteiger charge is 2.74. The zero-order valence-electron chi connectivity index (χ0n) is 23.5. The van der Waals surface area contributed by atoms with Crippen LogP contribution in [-0.2, 0) is 19.1 Å². The van der Waals surface area contributed by atoms with Gasteiger partial charge in [-0.2, -0.15) is 0 Å². The van der Waals surface area contributed by atoms with Gasteiger partial charge in [0.15, 0.2) is 12.4 Å². The first kappa shape index (κ1) is 17.9. The third kappa shape index (κ3) is 2.82. The summed E-state index contributed by atoms with van der Waals surface area (Å²) in [4.78, 5) is 36.5. The molecule has 0 amide bonds. The summed E-state index contributed by atoms with van der Waals surface area (Å²) in [5.74, 6) is -3.91. The van der Waals surface area contributed by atoms with Crippen LogP contribution in [0.1, 0.15) is 66.5 Å². The number of rotatable bonds is 4. The Morgan fingerprint density at radius 3 is 2.78 bits per heavy atom. The molecule has 32 heavy (non-hydrogen) atoms. The summed E-state index contributed by atoms with van der Waals surface area (Å²) in [6.45, 7) is 1.03. The fraction of sp³-hybridized carbons (Fsp3) is 0.720. The van der Waals surface area contributed by atoms with Gasteiger partial charge in [0.1, 0.15) is 5.60 Å². The number of alkyl halides is 1. The molecule has 0 aromatic rings. The first-order chi connectivity index (χ1) is 16.8. The Balaban J connectivity index is 1.64. The first-order valence-electron chi connectivity index (χ1n) is 13.5. The van der Waals surface area contributed by atoms with Crippen LogP contribution >= 0.6 is 11.6 Å². The van der Waals surface area contributed by atoms with Gasteiger partial charge in [0.2, 0.25) is 5.78 Å². The van der Waals surface area contributed by atoms with Crippen molar-refractivity contribution in [2.45, 2.75) is 76.3 Å². The lowest BCUT2D eigenvalue weighted by molar-refractivity contribution is -0.182. The molecule has 0 spiro atoms. The predicted octanol–water partition coefficient (Wildman–Crippen LogP) is 3.13. The maximum Gasteiger partial charge on any atom is 0.305 e. The minimum atomic E-state index is -3.32. The second kappa shape index (κ2) is 7.51. The molecule has 0 saturated heterocycles. The van der Waals surface area contributed by atoms with Crippen molar-refractivity contribution >= 4 is 29.1 Å². The van der Waals surface area contributed by atoms with Gasteiger partial charge in [0.25, 0.3) is 0 Å². The Morgan fingerprint density at radius 1 is 1.38 bits per heavy atom.